The molecule has 0 radical (unpaired) electrons. The molecule has 0 aliphatic heterocycles. The SMILES string of the molecule is Br.CN(CCBr)C(C)(C)C(=O)c1ccc(O)cc1. The molecule has 5 heteroatoms. The highest BCUT2D eigenvalue weighted by atomic mass is 79.9. The Morgan fingerprint density at radius 3 is 2.28 bits per heavy atom. The number of nitrogens with zero attached hydrogens (tertiary/aromatic N) is 1. The molecule has 0 bridgehead atoms. The van der Waals surface area contributed by atoms with Gasteiger partial charge in [-0.2, -0.15) is 0 Å². The van der Waals surface area contributed by atoms with E-state index in [0.29, 0.717) is 5.56 Å². The lowest BCUT2D eigenvalue weighted by Gasteiger charge is -2.33. The Labute approximate surface area is 127 Å². The van der Waals surface area contributed by atoms with Gasteiger partial charge < -0.3 is 5.11 Å². The van der Waals surface area contributed by atoms with Crippen LogP contribution in [-0.2, 0) is 0 Å². The number of likely N-dealkylation sites (N-methyl/N-ethyl adjacent to an activating group) is 1. The van der Waals surface area contributed by atoms with Gasteiger partial charge >= 0.3 is 0 Å². The lowest BCUT2D eigenvalue weighted by atomic mass is 9.91. The summed E-state index contributed by atoms with van der Waals surface area (Å²) in [7, 11) is 1.93. The van der Waals surface area contributed by atoms with Crippen molar-refractivity contribution < 1.29 is 9.90 Å². The first-order chi connectivity index (χ1) is 7.89. The second-order valence-corrected chi connectivity index (χ2v) is 5.34. The minimum atomic E-state index is -0.551. The molecule has 18 heavy (non-hydrogen) atoms. The lowest BCUT2D eigenvalue weighted by molar-refractivity contribution is 0.0721. The summed E-state index contributed by atoms with van der Waals surface area (Å²) in [6, 6.07) is 6.38. The van der Waals surface area contributed by atoms with Crippen LogP contribution in [0.25, 0.3) is 0 Å². The smallest absolute Gasteiger partial charge is 0.182 e. The summed E-state index contributed by atoms with van der Waals surface area (Å²) < 4.78 is 0. The maximum absolute atomic E-state index is 12.4. The van der Waals surface area contributed by atoms with Crippen molar-refractivity contribution in [2.24, 2.45) is 0 Å². The van der Waals surface area contributed by atoms with E-state index < -0.39 is 5.54 Å². The Balaban J connectivity index is 0.00000289. The minimum Gasteiger partial charge on any atom is -0.508 e. The van der Waals surface area contributed by atoms with E-state index in [1.165, 1.54) is 12.1 Å². The maximum Gasteiger partial charge on any atom is 0.182 e. The van der Waals surface area contributed by atoms with Crippen molar-refractivity contribution in [3.8, 4) is 5.75 Å². The number of phenolic OH excluding ortho intramolecular Hbond substituents is 1. The number of hydrogen-bond acceptors (Lipinski definition) is 3. The van der Waals surface area contributed by atoms with Crippen LogP contribution >= 0.6 is 32.9 Å². The third-order valence-corrected chi connectivity index (χ3v) is 3.41. The van der Waals surface area contributed by atoms with Crippen LogP contribution in [0.1, 0.15) is 24.2 Å². The Bertz CT molecular complexity index is 390. The molecule has 1 N–H and O–H groups in total. The summed E-state index contributed by atoms with van der Waals surface area (Å²) in [5.41, 5.74) is 0.0688. The summed E-state index contributed by atoms with van der Waals surface area (Å²) in [5.74, 6) is 0.231. The molecule has 0 amide bonds. The molecule has 0 aliphatic rings. The second-order valence-electron chi connectivity index (χ2n) is 4.55. The molecule has 1 aromatic carbocycles. The topological polar surface area (TPSA) is 40.5 Å². The summed E-state index contributed by atoms with van der Waals surface area (Å²) in [6.45, 7) is 4.62. The molecule has 0 spiro atoms. The van der Waals surface area contributed by atoms with Gasteiger partial charge in [0.05, 0.1) is 5.54 Å². The summed E-state index contributed by atoms with van der Waals surface area (Å²) in [6.07, 6.45) is 0. The van der Waals surface area contributed by atoms with E-state index in [9.17, 15) is 9.90 Å². The predicted molar refractivity (Wildman–Crippen MR) is 83.3 cm³/mol. The molecular weight excluding hydrogens is 362 g/mol. The zero-order chi connectivity index (χ0) is 13.1. The summed E-state index contributed by atoms with van der Waals surface area (Å²) in [4.78, 5) is 14.4. The van der Waals surface area contributed by atoms with Crippen molar-refractivity contribution in [2.45, 2.75) is 19.4 Å². The zero-order valence-corrected chi connectivity index (χ0v) is 14.1. The van der Waals surface area contributed by atoms with Crippen molar-refractivity contribution in [1.29, 1.82) is 0 Å². The van der Waals surface area contributed by atoms with Gasteiger partial charge in [-0.1, -0.05) is 15.9 Å². The highest BCUT2D eigenvalue weighted by Crippen LogP contribution is 2.20. The van der Waals surface area contributed by atoms with Gasteiger partial charge in [-0.05, 0) is 45.2 Å². The molecule has 102 valence electrons. The van der Waals surface area contributed by atoms with Gasteiger partial charge in [-0.3, -0.25) is 9.69 Å². The summed E-state index contributed by atoms with van der Waals surface area (Å²) in [5, 5.41) is 10.0. The Hall–Kier alpha value is -0.390. The molecule has 0 fully saturated rings. The number of carbonyl (C=O) groups is 1. The standard InChI is InChI=1S/C13H18BrNO2.BrH/c1-13(2,15(3)9-8-14)12(17)10-4-6-11(16)7-5-10;/h4-7,16H,8-9H2,1-3H3;1H. The number of carbonyl (C=O) groups excluding carboxylic acids is 1. The Morgan fingerprint density at radius 2 is 1.83 bits per heavy atom. The van der Waals surface area contributed by atoms with Gasteiger partial charge in [-0.25, -0.2) is 0 Å². The van der Waals surface area contributed by atoms with Crippen molar-refractivity contribution in [3.63, 3.8) is 0 Å². The van der Waals surface area contributed by atoms with Crippen LogP contribution in [0.4, 0.5) is 0 Å². The predicted octanol–water partition coefficient (Wildman–Crippen LogP) is 3.26. The van der Waals surface area contributed by atoms with E-state index in [2.05, 4.69) is 15.9 Å². The van der Waals surface area contributed by atoms with E-state index in [4.69, 9.17) is 0 Å². The van der Waals surface area contributed by atoms with Crippen LogP contribution in [-0.4, -0.2) is 40.3 Å². The third-order valence-electron chi connectivity index (χ3n) is 3.06. The molecule has 0 atom stereocenters. The number of alkyl halides is 1. The first kappa shape index (κ1) is 17.6. The van der Waals surface area contributed by atoms with Crippen molar-refractivity contribution in [1.82, 2.24) is 4.90 Å². The molecule has 0 heterocycles. The van der Waals surface area contributed by atoms with E-state index >= 15 is 0 Å². The molecular formula is C13H19Br2NO2. The molecule has 0 saturated heterocycles. The number of halogens is 2. The molecule has 0 aromatic heterocycles. The zero-order valence-electron chi connectivity index (χ0n) is 10.8. The van der Waals surface area contributed by atoms with Crippen LogP contribution in [0.3, 0.4) is 0 Å². The number of Topliss-reactive ketones (excluding diaryl/α,β-unsaturated/α-hetero) is 1. The minimum absolute atomic E-state index is 0. The van der Waals surface area contributed by atoms with Crippen molar-refractivity contribution in [2.75, 3.05) is 18.9 Å². The number of ketones is 1. The molecule has 1 rings (SSSR count). The monoisotopic (exact) mass is 379 g/mol. The Morgan fingerprint density at radius 1 is 1.33 bits per heavy atom. The maximum atomic E-state index is 12.4. The fourth-order valence-electron chi connectivity index (χ4n) is 1.55. The molecule has 0 saturated carbocycles. The van der Waals surface area contributed by atoms with E-state index in [0.717, 1.165) is 11.9 Å². The molecule has 0 unspecified atom stereocenters. The summed E-state index contributed by atoms with van der Waals surface area (Å²) >= 11 is 3.37. The van der Waals surface area contributed by atoms with Gasteiger partial charge in [-0.15, -0.1) is 17.0 Å². The second kappa shape index (κ2) is 7.26. The molecule has 1 aromatic rings. The molecule has 3 nitrogen and oxygen atoms in total. The number of benzene rings is 1. The Kier molecular flexibility index (Phi) is 7.10. The highest BCUT2D eigenvalue weighted by Gasteiger charge is 2.32. The third kappa shape index (κ3) is 4.07. The van der Waals surface area contributed by atoms with E-state index in [1.807, 2.05) is 25.8 Å². The van der Waals surface area contributed by atoms with Crippen molar-refractivity contribution >= 4 is 38.7 Å². The van der Waals surface area contributed by atoms with Gasteiger partial charge in [0.25, 0.3) is 0 Å². The van der Waals surface area contributed by atoms with Crippen LogP contribution in [0.5, 0.6) is 5.75 Å². The van der Waals surface area contributed by atoms with Crippen LogP contribution < -0.4 is 0 Å². The van der Waals surface area contributed by atoms with E-state index in [-0.39, 0.29) is 28.5 Å². The first-order valence-corrected chi connectivity index (χ1v) is 6.62. The highest BCUT2D eigenvalue weighted by molar-refractivity contribution is 9.09. The van der Waals surface area contributed by atoms with Gasteiger partial charge in [0.1, 0.15) is 5.75 Å². The lowest BCUT2D eigenvalue weighted by Crippen LogP contribution is -2.48. The van der Waals surface area contributed by atoms with Crippen LogP contribution in [0.2, 0.25) is 0 Å². The fourth-order valence-corrected chi connectivity index (χ4v) is 2.08. The van der Waals surface area contributed by atoms with Gasteiger partial charge in [0.15, 0.2) is 5.78 Å². The number of aromatic hydroxyl groups is 1. The number of phenols is 1. The molecule has 0 aliphatic carbocycles. The van der Waals surface area contributed by atoms with Gasteiger partial charge in [0, 0.05) is 17.4 Å². The largest absolute Gasteiger partial charge is 0.508 e. The van der Waals surface area contributed by atoms with Gasteiger partial charge in [0.2, 0.25) is 0 Å². The first-order valence-electron chi connectivity index (χ1n) is 5.50. The average Bonchev–Trinajstić information content (AvgIpc) is 2.29. The number of hydrogen-bond donors (Lipinski definition) is 1. The quantitative estimate of drug-likeness (QED) is 0.629. The average molecular weight is 381 g/mol. The van der Waals surface area contributed by atoms with Crippen LogP contribution in [0.15, 0.2) is 24.3 Å². The number of rotatable bonds is 5. The van der Waals surface area contributed by atoms with E-state index in [1.54, 1.807) is 12.1 Å². The fraction of sp³-hybridized carbons (Fsp3) is 0.462. The van der Waals surface area contributed by atoms with Crippen LogP contribution in [0, 0.1) is 0 Å². The van der Waals surface area contributed by atoms with Crippen molar-refractivity contribution in [3.05, 3.63) is 29.8 Å². The normalized spacial score (nSPS) is 11.2.